The molecule has 0 saturated heterocycles. The summed E-state index contributed by atoms with van der Waals surface area (Å²) in [7, 11) is 1.68. The average molecular weight is 332 g/mol. The van der Waals surface area contributed by atoms with Crippen LogP contribution in [0.15, 0.2) is 29.3 Å². The zero-order valence-corrected chi connectivity index (χ0v) is 15.1. The highest BCUT2D eigenvalue weighted by atomic mass is 16.5. The van der Waals surface area contributed by atoms with Crippen LogP contribution in [0.2, 0.25) is 0 Å². The van der Waals surface area contributed by atoms with Gasteiger partial charge >= 0.3 is 0 Å². The molecule has 1 aliphatic heterocycles. The topological polar surface area (TPSA) is 66.0 Å². The normalized spacial score (nSPS) is 14.5. The maximum absolute atomic E-state index is 12.5. The number of methoxy groups -OCH3 is 1. The molecule has 0 aromatic heterocycles. The molecule has 1 aromatic carbocycles. The van der Waals surface area contributed by atoms with Crippen LogP contribution < -0.4 is 15.5 Å². The fraction of sp³-hybridized carbons (Fsp3) is 0.556. The van der Waals surface area contributed by atoms with Gasteiger partial charge in [-0.05, 0) is 38.8 Å². The summed E-state index contributed by atoms with van der Waals surface area (Å²) < 4.78 is 5.39. The Morgan fingerprint density at radius 2 is 2.08 bits per heavy atom. The molecule has 132 valence electrons. The van der Waals surface area contributed by atoms with Gasteiger partial charge in [-0.25, -0.2) is 4.99 Å². The summed E-state index contributed by atoms with van der Waals surface area (Å²) in [5.74, 6) is 0.645. The van der Waals surface area contributed by atoms with Gasteiger partial charge in [-0.15, -0.1) is 0 Å². The number of benzene rings is 1. The Kier molecular flexibility index (Phi) is 6.20. The van der Waals surface area contributed by atoms with Crippen molar-refractivity contribution in [2.45, 2.75) is 32.8 Å². The number of para-hydroxylation sites is 1. The van der Waals surface area contributed by atoms with Crippen molar-refractivity contribution in [2.24, 2.45) is 4.99 Å². The second kappa shape index (κ2) is 8.15. The van der Waals surface area contributed by atoms with Gasteiger partial charge in [-0.2, -0.15) is 0 Å². The molecule has 1 heterocycles. The number of ether oxygens (including phenoxy) is 1. The van der Waals surface area contributed by atoms with Crippen molar-refractivity contribution in [1.82, 2.24) is 10.6 Å². The Bertz CT molecular complexity index is 598. The predicted molar refractivity (Wildman–Crippen MR) is 97.6 cm³/mol. The smallest absolute Gasteiger partial charge is 0.248 e. The molecule has 2 rings (SSSR count). The summed E-state index contributed by atoms with van der Waals surface area (Å²) in [6, 6.07) is 8.04. The van der Waals surface area contributed by atoms with Gasteiger partial charge in [-0.1, -0.05) is 18.2 Å². The van der Waals surface area contributed by atoms with E-state index in [1.54, 1.807) is 7.11 Å². The summed E-state index contributed by atoms with van der Waals surface area (Å²) in [5.41, 5.74) is 1.94. The highest BCUT2D eigenvalue weighted by Gasteiger charge is 2.24. The number of anilines is 1. The minimum absolute atomic E-state index is 0.0168. The van der Waals surface area contributed by atoms with E-state index < -0.39 is 0 Å². The first kappa shape index (κ1) is 18.3. The largest absolute Gasteiger partial charge is 0.377 e. The Hall–Kier alpha value is -2.08. The van der Waals surface area contributed by atoms with E-state index in [1.165, 1.54) is 5.56 Å². The maximum Gasteiger partial charge on any atom is 0.248 e. The van der Waals surface area contributed by atoms with Crippen LogP contribution in [0.1, 0.15) is 26.3 Å². The third kappa shape index (κ3) is 4.71. The van der Waals surface area contributed by atoms with Crippen LogP contribution in [-0.4, -0.2) is 50.8 Å². The molecule has 0 bridgehead atoms. The van der Waals surface area contributed by atoms with E-state index in [1.807, 2.05) is 43.9 Å². The summed E-state index contributed by atoms with van der Waals surface area (Å²) >= 11 is 0. The number of rotatable bonds is 6. The number of nitrogens with one attached hydrogen (secondary N) is 2. The molecule has 6 nitrogen and oxygen atoms in total. The van der Waals surface area contributed by atoms with Gasteiger partial charge in [0.2, 0.25) is 5.91 Å². The van der Waals surface area contributed by atoms with Crippen LogP contribution in [0.3, 0.4) is 0 Å². The molecule has 1 aromatic rings. The molecule has 0 spiro atoms. The van der Waals surface area contributed by atoms with Crippen LogP contribution >= 0.6 is 0 Å². The highest BCUT2D eigenvalue weighted by molar-refractivity contribution is 5.98. The Balaban J connectivity index is 1.97. The first-order valence-corrected chi connectivity index (χ1v) is 8.42. The number of carbonyl (C=O) groups is 1. The summed E-state index contributed by atoms with van der Waals surface area (Å²) in [5, 5.41) is 6.38. The summed E-state index contributed by atoms with van der Waals surface area (Å²) in [6.07, 6.45) is 0.909. The Labute approximate surface area is 144 Å². The van der Waals surface area contributed by atoms with Crippen molar-refractivity contribution >= 4 is 17.6 Å². The number of nitrogens with zero attached hydrogens (tertiary/aromatic N) is 2. The van der Waals surface area contributed by atoms with Gasteiger partial charge in [0.1, 0.15) is 6.54 Å². The highest BCUT2D eigenvalue weighted by Crippen LogP contribution is 2.27. The lowest BCUT2D eigenvalue weighted by atomic mass is 10.1. The fourth-order valence-electron chi connectivity index (χ4n) is 2.54. The number of carbonyl (C=O) groups excluding carboxylic acids is 1. The third-order valence-electron chi connectivity index (χ3n) is 4.14. The van der Waals surface area contributed by atoms with Crippen LogP contribution in [0.25, 0.3) is 0 Å². The third-order valence-corrected chi connectivity index (χ3v) is 4.14. The van der Waals surface area contributed by atoms with Crippen molar-refractivity contribution in [3.05, 3.63) is 29.8 Å². The lowest BCUT2D eigenvalue weighted by Gasteiger charge is -2.24. The first-order valence-electron chi connectivity index (χ1n) is 8.42. The molecule has 0 saturated carbocycles. The molecular formula is C18H28N4O2. The van der Waals surface area contributed by atoms with Crippen LogP contribution in [0.5, 0.6) is 0 Å². The van der Waals surface area contributed by atoms with Crippen LogP contribution in [0, 0.1) is 0 Å². The lowest BCUT2D eigenvalue weighted by Crippen LogP contribution is -2.45. The fourth-order valence-corrected chi connectivity index (χ4v) is 2.54. The molecule has 2 N–H and O–H groups in total. The quantitative estimate of drug-likeness (QED) is 0.613. The van der Waals surface area contributed by atoms with Crippen molar-refractivity contribution in [3.63, 3.8) is 0 Å². The Morgan fingerprint density at radius 3 is 2.79 bits per heavy atom. The van der Waals surface area contributed by atoms with E-state index >= 15 is 0 Å². The monoisotopic (exact) mass is 332 g/mol. The molecule has 6 heteroatoms. The van der Waals surface area contributed by atoms with Crippen LogP contribution in [-0.2, 0) is 16.0 Å². The minimum atomic E-state index is -0.298. The van der Waals surface area contributed by atoms with E-state index in [2.05, 4.69) is 21.7 Å². The first-order chi connectivity index (χ1) is 11.5. The molecule has 1 aliphatic rings. The summed E-state index contributed by atoms with van der Waals surface area (Å²) in [4.78, 5) is 18.7. The van der Waals surface area contributed by atoms with Gasteiger partial charge < -0.3 is 20.3 Å². The van der Waals surface area contributed by atoms with Crippen molar-refractivity contribution in [2.75, 3.05) is 38.2 Å². The van der Waals surface area contributed by atoms with Gasteiger partial charge in [0, 0.05) is 32.4 Å². The van der Waals surface area contributed by atoms with Crippen molar-refractivity contribution in [1.29, 1.82) is 0 Å². The predicted octanol–water partition coefficient (Wildman–Crippen LogP) is 1.56. The van der Waals surface area contributed by atoms with E-state index in [9.17, 15) is 4.79 Å². The molecule has 0 unspecified atom stereocenters. The van der Waals surface area contributed by atoms with Gasteiger partial charge in [-0.3, -0.25) is 4.79 Å². The van der Waals surface area contributed by atoms with Crippen LogP contribution in [0.4, 0.5) is 5.69 Å². The molecule has 1 amide bonds. The standard InChI is InChI=1S/C18H28N4O2/c1-5-19-17(21-13-18(2,3)24-4)20-12-16(23)22-11-10-14-8-6-7-9-15(14)22/h6-9H,5,10-13H2,1-4H3,(H2,19,20,21). The number of hydrogen-bond acceptors (Lipinski definition) is 3. The van der Waals surface area contributed by atoms with E-state index in [-0.39, 0.29) is 18.1 Å². The van der Waals surface area contributed by atoms with Crippen molar-refractivity contribution < 1.29 is 9.53 Å². The summed E-state index contributed by atoms with van der Waals surface area (Å²) in [6.45, 7) is 8.18. The number of hydrogen-bond donors (Lipinski definition) is 2. The van der Waals surface area contributed by atoms with E-state index in [0.29, 0.717) is 12.5 Å². The second-order valence-electron chi connectivity index (χ2n) is 6.44. The average Bonchev–Trinajstić information content (AvgIpc) is 3.01. The number of amides is 1. The lowest BCUT2D eigenvalue weighted by molar-refractivity contribution is -0.117. The van der Waals surface area contributed by atoms with Gasteiger partial charge in [0.15, 0.2) is 5.96 Å². The molecule has 0 atom stereocenters. The molecular weight excluding hydrogens is 304 g/mol. The number of fused-ring (bicyclic) bond motifs is 1. The maximum atomic E-state index is 12.5. The molecule has 0 aliphatic carbocycles. The molecule has 0 radical (unpaired) electrons. The van der Waals surface area contributed by atoms with Gasteiger partial charge in [0.25, 0.3) is 0 Å². The van der Waals surface area contributed by atoms with E-state index in [4.69, 9.17) is 4.74 Å². The minimum Gasteiger partial charge on any atom is -0.377 e. The van der Waals surface area contributed by atoms with E-state index in [0.717, 1.165) is 25.2 Å². The Morgan fingerprint density at radius 1 is 1.33 bits per heavy atom. The zero-order valence-electron chi connectivity index (χ0n) is 15.1. The molecule has 0 fully saturated rings. The number of guanidine groups is 1. The van der Waals surface area contributed by atoms with Crippen molar-refractivity contribution in [3.8, 4) is 0 Å². The SMILES string of the molecule is CCNC(=NCC(=O)N1CCc2ccccc21)NCC(C)(C)OC. The second-order valence-corrected chi connectivity index (χ2v) is 6.44. The van der Waals surface area contributed by atoms with Gasteiger partial charge in [0.05, 0.1) is 5.60 Å². The zero-order chi connectivity index (χ0) is 17.6. The molecule has 24 heavy (non-hydrogen) atoms. The number of aliphatic imine (C=N–C) groups is 1.